The van der Waals surface area contributed by atoms with Crippen LogP contribution in [0.5, 0.6) is 0 Å². The maximum absolute atomic E-state index is 9.66. The molecule has 3 aromatic carbocycles. The van der Waals surface area contributed by atoms with Crippen LogP contribution in [0, 0.1) is 0 Å². The van der Waals surface area contributed by atoms with Crippen molar-refractivity contribution in [1.29, 1.82) is 0 Å². The fraction of sp³-hybridized carbons (Fsp3) is 0.130. The van der Waals surface area contributed by atoms with Gasteiger partial charge in [0.25, 0.3) is 0 Å². The van der Waals surface area contributed by atoms with Gasteiger partial charge in [0.05, 0.1) is 10.9 Å². The average Bonchev–Trinajstić information content (AvgIpc) is 2.67. The molecule has 0 aliphatic carbocycles. The molecule has 0 saturated carbocycles. The Morgan fingerprint density at radius 2 is 1.08 bits per heavy atom. The third kappa shape index (κ3) is 3.87. The molecule has 1 nitrogen and oxygen atoms in total. The van der Waals surface area contributed by atoms with Gasteiger partial charge in [-0.05, 0) is 29.0 Å². The number of hydrogen-bond donors (Lipinski definition) is 1. The quantitative estimate of drug-likeness (QED) is 0.586. The van der Waals surface area contributed by atoms with Crippen LogP contribution in [0.15, 0.2) is 102 Å². The van der Waals surface area contributed by atoms with E-state index in [1.165, 1.54) is 16.7 Å². The summed E-state index contributed by atoms with van der Waals surface area (Å²) in [5, 5.41) is 11.7. The van der Waals surface area contributed by atoms with Gasteiger partial charge in [-0.1, -0.05) is 97.1 Å². The Bertz CT molecular complexity index is 699. The highest BCUT2D eigenvalue weighted by Gasteiger charge is 2.36. The Kier molecular flexibility index (Phi) is 5.75. The second-order valence-corrected chi connectivity index (χ2v) is 7.09. The van der Waals surface area contributed by atoms with Crippen molar-refractivity contribution in [3.8, 4) is 0 Å². The lowest BCUT2D eigenvalue weighted by molar-refractivity contribution is 0.244. The van der Waals surface area contributed by atoms with Gasteiger partial charge < -0.3 is 5.11 Å². The molecule has 0 radical (unpaired) electrons. The molecule has 0 fully saturated rings. The van der Waals surface area contributed by atoms with Gasteiger partial charge in [-0.15, -0.1) is 11.8 Å². The Morgan fingerprint density at radius 1 is 0.720 bits per heavy atom. The topological polar surface area (TPSA) is 20.2 Å². The van der Waals surface area contributed by atoms with Crippen molar-refractivity contribution in [3.63, 3.8) is 0 Å². The number of aliphatic hydroxyl groups is 1. The van der Waals surface area contributed by atoms with Crippen LogP contribution in [0.4, 0.5) is 0 Å². The molecular weight excluding hydrogens is 324 g/mol. The predicted octanol–water partition coefficient (Wildman–Crippen LogP) is 5.61. The highest BCUT2D eigenvalue weighted by Crippen LogP contribution is 2.48. The predicted molar refractivity (Wildman–Crippen MR) is 108 cm³/mol. The van der Waals surface area contributed by atoms with Crippen LogP contribution in [0.25, 0.3) is 0 Å². The number of rotatable bonds is 6. The summed E-state index contributed by atoms with van der Waals surface area (Å²) in [6.07, 6.45) is 1.36. The molecule has 126 valence electrons. The van der Waals surface area contributed by atoms with Crippen molar-refractivity contribution in [2.24, 2.45) is 0 Å². The van der Waals surface area contributed by atoms with Crippen LogP contribution in [-0.2, 0) is 4.75 Å². The molecule has 0 aliphatic rings. The third-order valence-electron chi connectivity index (χ3n) is 4.14. The molecule has 1 unspecified atom stereocenters. The fourth-order valence-electron chi connectivity index (χ4n) is 2.98. The first-order valence-corrected chi connectivity index (χ1v) is 9.30. The lowest BCUT2D eigenvalue weighted by Crippen LogP contribution is -2.24. The summed E-state index contributed by atoms with van der Waals surface area (Å²) in [7, 11) is 0. The molecule has 1 N–H and O–H groups in total. The van der Waals surface area contributed by atoms with Crippen molar-refractivity contribution in [3.05, 3.63) is 119 Å². The number of thioether (sulfide) groups is 1. The number of aliphatic hydroxyl groups excluding tert-OH is 1. The van der Waals surface area contributed by atoms with Crippen molar-refractivity contribution in [1.82, 2.24) is 0 Å². The Morgan fingerprint density at radius 3 is 1.40 bits per heavy atom. The molecule has 0 aliphatic heterocycles. The van der Waals surface area contributed by atoms with Crippen LogP contribution >= 0.6 is 11.8 Å². The van der Waals surface area contributed by atoms with E-state index >= 15 is 0 Å². The first kappa shape index (κ1) is 17.5. The summed E-state index contributed by atoms with van der Waals surface area (Å²) in [5.74, 6) is 0. The van der Waals surface area contributed by atoms with Crippen LogP contribution < -0.4 is 0 Å². The van der Waals surface area contributed by atoms with E-state index in [4.69, 9.17) is 0 Å². The largest absolute Gasteiger partial charge is 0.389 e. The smallest absolute Gasteiger partial charge is 0.0948 e. The van der Waals surface area contributed by atoms with Gasteiger partial charge in [0.15, 0.2) is 0 Å². The summed E-state index contributed by atoms with van der Waals surface area (Å²) in [6.45, 7) is 1.77. The summed E-state index contributed by atoms with van der Waals surface area (Å²) in [4.78, 5) is 0. The molecule has 3 aromatic rings. The van der Waals surface area contributed by atoms with Crippen molar-refractivity contribution in [2.75, 3.05) is 0 Å². The lowest BCUT2D eigenvalue weighted by atomic mass is 9.84. The Balaban J connectivity index is 2.24. The van der Waals surface area contributed by atoms with E-state index in [-0.39, 0.29) is 4.75 Å². The normalized spacial score (nSPS) is 13.0. The second kappa shape index (κ2) is 8.19. The zero-order chi connectivity index (χ0) is 17.5. The molecule has 25 heavy (non-hydrogen) atoms. The van der Waals surface area contributed by atoms with E-state index in [1.807, 2.05) is 29.7 Å². The summed E-state index contributed by atoms with van der Waals surface area (Å²) >= 11 is 1.72. The van der Waals surface area contributed by atoms with E-state index in [2.05, 4.69) is 72.8 Å². The molecule has 1 atom stereocenters. The second-order valence-electron chi connectivity index (χ2n) is 5.97. The van der Waals surface area contributed by atoms with Gasteiger partial charge in [0.2, 0.25) is 0 Å². The van der Waals surface area contributed by atoms with Gasteiger partial charge in [0, 0.05) is 0 Å². The van der Waals surface area contributed by atoms with Gasteiger partial charge >= 0.3 is 0 Å². The molecule has 0 heterocycles. The summed E-state index contributed by atoms with van der Waals surface area (Å²) in [5.41, 5.74) is 3.65. The van der Waals surface area contributed by atoms with Crippen molar-refractivity contribution in [2.45, 2.75) is 17.8 Å². The van der Waals surface area contributed by atoms with Gasteiger partial charge in [-0.25, -0.2) is 0 Å². The first-order chi connectivity index (χ1) is 12.2. The highest BCUT2D eigenvalue weighted by atomic mass is 32.2. The Labute approximate surface area is 154 Å². The zero-order valence-electron chi connectivity index (χ0n) is 14.2. The standard InChI is InChI=1S/C23H22OS/c1-19(24)17-18-25-23(20-11-5-2-6-12-20,21-13-7-3-8-14-21)22-15-9-4-10-16-22/h2-19,24H,1H3/b18-17-. The maximum Gasteiger partial charge on any atom is 0.0948 e. The molecule has 2 heteroatoms. The molecular formula is C23H22OS. The van der Waals surface area contributed by atoms with Crippen LogP contribution in [0.1, 0.15) is 23.6 Å². The average molecular weight is 346 g/mol. The third-order valence-corrected chi connectivity index (χ3v) is 5.50. The Hall–Kier alpha value is -2.29. The van der Waals surface area contributed by atoms with E-state index in [0.717, 1.165) is 0 Å². The highest BCUT2D eigenvalue weighted by molar-refractivity contribution is 8.03. The van der Waals surface area contributed by atoms with Crippen molar-refractivity contribution < 1.29 is 5.11 Å². The zero-order valence-corrected chi connectivity index (χ0v) is 15.1. The lowest BCUT2D eigenvalue weighted by Gasteiger charge is -2.34. The molecule has 0 saturated heterocycles. The van der Waals surface area contributed by atoms with E-state index < -0.39 is 6.10 Å². The monoisotopic (exact) mass is 346 g/mol. The summed E-state index contributed by atoms with van der Waals surface area (Å²) < 4.78 is -0.366. The molecule has 0 aromatic heterocycles. The van der Waals surface area contributed by atoms with Crippen LogP contribution in [-0.4, -0.2) is 11.2 Å². The SMILES string of the molecule is CC(O)/C=C\SC(c1ccccc1)(c1ccccc1)c1ccccc1. The minimum Gasteiger partial charge on any atom is -0.389 e. The van der Waals surface area contributed by atoms with Gasteiger partial charge in [-0.2, -0.15) is 0 Å². The molecule has 3 rings (SSSR count). The molecule has 0 amide bonds. The first-order valence-electron chi connectivity index (χ1n) is 8.42. The van der Waals surface area contributed by atoms with Gasteiger partial charge in [-0.3, -0.25) is 0 Å². The fourth-order valence-corrected chi connectivity index (χ4v) is 4.30. The van der Waals surface area contributed by atoms with Crippen LogP contribution in [0.3, 0.4) is 0 Å². The van der Waals surface area contributed by atoms with E-state index in [0.29, 0.717) is 0 Å². The van der Waals surface area contributed by atoms with E-state index in [1.54, 1.807) is 18.7 Å². The van der Waals surface area contributed by atoms with Crippen molar-refractivity contribution >= 4 is 11.8 Å². The van der Waals surface area contributed by atoms with Crippen LogP contribution in [0.2, 0.25) is 0 Å². The molecule has 0 bridgehead atoms. The summed E-state index contributed by atoms with van der Waals surface area (Å²) in [6, 6.07) is 31.6. The van der Waals surface area contributed by atoms with E-state index in [9.17, 15) is 5.11 Å². The molecule has 0 spiro atoms. The maximum atomic E-state index is 9.66. The minimum absolute atomic E-state index is 0.366. The number of hydrogen-bond acceptors (Lipinski definition) is 2. The van der Waals surface area contributed by atoms with Gasteiger partial charge in [0.1, 0.15) is 0 Å². The number of benzene rings is 3. The minimum atomic E-state index is -0.465.